The fourth-order valence-electron chi connectivity index (χ4n) is 1.93. The third-order valence-electron chi connectivity index (χ3n) is 3.09. The molecule has 2 heterocycles. The van der Waals surface area contributed by atoms with E-state index in [1.807, 2.05) is 54.8 Å². The van der Waals surface area contributed by atoms with Gasteiger partial charge in [-0.15, -0.1) is 11.3 Å². The summed E-state index contributed by atoms with van der Waals surface area (Å²) in [5.74, 6) is 0.619. The summed E-state index contributed by atoms with van der Waals surface area (Å²) in [7, 11) is 0. The predicted molar refractivity (Wildman–Crippen MR) is 91.0 cm³/mol. The molecule has 3 rings (SSSR count). The molecule has 1 amide bonds. The van der Waals surface area contributed by atoms with E-state index in [1.165, 1.54) is 16.9 Å². The van der Waals surface area contributed by atoms with Crippen molar-refractivity contribution in [2.24, 2.45) is 0 Å². The van der Waals surface area contributed by atoms with Crippen LogP contribution in [0.2, 0.25) is 0 Å². The average molecular weight is 309 g/mol. The van der Waals surface area contributed by atoms with E-state index in [-0.39, 0.29) is 5.91 Å². The van der Waals surface area contributed by atoms with Gasteiger partial charge in [0.2, 0.25) is 0 Å². The van der Waals surface area contributed by atoms with Crippen molar-refractivity contribution in [1.82, 2.24) is 4.98 Å². The van der Waals surface area contributed by atoms with E-state index in [0.29, 0.717) is 10.6 Å². The largest absolute Gasteiger partial charge is 0.340 e. The quantitative estimate of drug-likeness (QED) is 0.748. The molecule has 0 aliphatic heterocycles. The van der Waals surface area contributed by atoms with Crippen LogP contribution in [0.25, 0.3) is 0 Å². The Morgan fingerprint density at radius 1 is 1.05 bits per heavy atom. The van der Waals surface area contributed by atoms with E-state index in [1.54, 1.807) is 12.3 Å². The van der Waals surface area contributed by atoms with Crippen LogP contribution in [-0.2, 0) is 0 Å². The third kappa shape index (κ3) is 3.51. The number of hydrogen-bond donors (Lipinski definition) is 2. The number of anilines is 3. The summed E-state index contributed by atoms with van der Waals surface area (Å²) >= 11 is 1.41. The first kappa shape index (κ1) is 14.3. The van der Waals surface area contributed by atoms with Crippen molar-refractivity contribution in [2.75, 3.05) is 10.6 Å². The van der Waals surface area contributed by atoms with Gasteiger partial charge in [0.1, 0.15) is 5.82 Å². The summed E-state index contributed by atoms with van der Waals surface area (Å²) in [6, 6.07) is 15.4. The molecule has 4 nitrogen and oxygen atoms in total. The maximum absolute atomic E-state index is 11.9. The van der Waals surface area contributed by atoms with Crippen LogP contribution in [0.5, 0.6) is 0 Å². The van der Waals surface area contributed by atoms with Gasteiger partial charge >= 0.3 is 0 Å². The Bertz CT molecular complexity index is 750. The van der Waals surface area contributed by atoms with Gasteiger partial charge in [0, 0.05) is 5.69 Å². The van der Waals surface area contributed by atoms with Gasteiger partial charge < -0.3 is 10.6 Å². The van der Waals surface area contributed by atoms with Crippen molar-refractivity contribution in [3.05, 3.63) is 70.5 Å². The molecule has 0 fully saturated rings. The molecule has 2 N–H and O–H groups in total. The minimum Gasteiger partial charge on any atom is -0.340 e. The minimum absolute atomic E-state index is 0.115. The molecule has 0 bridgehead atoms. The maximum Gasteiger partial charge on any atom is 0.265 e. The van der Waals surface area contributed by atoms with Crippen LogP contribution < -0.4 is 10.6 Å². The van der Waals surface area contributed by atoms with Gasteiger partial charge in [-0.1, -0.05) is 23.8 Å². The predicted octanol–water partition coefficient (Wildman–Crippen LogP) is 4.45. The van der Waals surface area contributed by atoms with Crippen LogP contribution in [0.3, 0.4) is 0 Å². The average Bonchev–Trinajstić information content (AvgIpc) is 3.06. The second-order valence-corrected chi connectivity index (χ2v) is 5.80. The van der Waals surface area contributed by atoms with Crippen LogP contribution in [0.1, 0.15) is 15.2 Å². The molecule has 1 aromatic carbocycles. The Kier molecular flexibility index (Phi) is 4.16. The molecule has 0 aliphatic carbocycles. The zero-order valence-electron chi connectivity index (χ0n) is 12.0. The number of thiophene rings is 1. The number of amides is 1. The molecular weight excluding hydrogens is 294 g/mol. The molecule has 110 valence electrons. The normalized spacial score (nSPS) is 10.2. The lowest BCUT2D eigenvalue weighted by Crippen LogP contribution is -2.10. The first-order valence-corrected chi connectivity index (χ1v) is 7.73. The Morgan fingerprint density at radius 2 is 1.82 bits per heavy atom. The smallest absolute Gasteiger partial charge is 0.265 e. The van der Waals surface area contributed by atoms with Crippen LogP contribution >= 0.6 is 11.3 Å². The molecule has 0 atom stereocenters. The molecule has 22 heavy (non-hydrogen) atoms. The number of benzene rings is 1. The number of nitrogens with one attached hydrogen (secondary N) is 2. The van der Waals surface area contributed by atoms with Gasteiger partial charge in [-0.3, -0.25) is 4.79 Å². The standard InChI is InChI=1S/C17H15N3OS/c1-12-4-6-13(7-5-12)19-16-9-8-14(11-18-16)20-17(21)15-3-2-10-22-15/h2-11H,1H3,(H,18,19)(H,20,21). The molecule has 0 radical (unpaired) electrons. The summed E-state index contributed by atoms with van der Waals surface area (Å²) in [5.41, 5.74) is 2.87. The summed E-state index contributed by atoms with van der Waals surface area (Å²) < 4.78 is 0. The van der Waals surface area contributed by atoms with Gasteiger partial charge in [0.15, 0.2) is 0 Å². The molecule has 3 aromatic rings. The highest BCUT2D eigenvalue weighted by atomic mass is 32.1. The summed E-state index contributed by atoms with van der Waals surface area (Å²) in [6.07, 6.45) is 1.64. The number of hydrogen-bond acceptors (Lipinski definition) is 4. The number of aryl methyl sites for hydroxylation is 1. The van der Waals surface area contributed by atoms with Crippen LogP contribution in [0, 0.1) is 6.92 Å². The number of rotatable bonds is 4. The number of carbonyl (C=O) groups excluding carboxylic acids is 1. The summed E-state index contributed by atoms with van der Waals surface area (Å²) in [4.78, 5) is 16.9. The zero-order chi connectivity index (χ0) is 15.4. The second-order valence-electron chi connectivity index (χ2n) is 4.85. The minimum atomic E-state index is -0.115. The lowest BCUT2D eigenvalue weighted by Gasteiger charge is -2.07. The molecule has 0 unspecified atom stereocenters. The highest BCUT2D eigenvalue weighted by Gasteiger charge is 2.06. The van der Waals surface area contributed by atoms with Crippen molar-refractivity contribution in [2.45, 2.75) is 6.92 Å². The Morgan fingerprint density at radius 3 is 2.45 bits per heavy atom. The number of nitrogens with zero attached hydrogens (tertiary/aromatic N) is 1. The summed E-state index contributed by atoms with van der Waals surface area (Å²) in [6.45, 7) is 2.05. The van der Waals surface area contributed by atoms with Crippen LogP contribution in [0.4, 0.5) is 17.2 Å². The highest BCUT2D eigenvalue weighted by Crippen LogP contribution is 2.17. The monoisotopic (exact) mass is 309 g/mol. The first-order chi connectivity index (χ1) is 10.7. The number of carbonyl (C=O) groups is 1. The zero-order valence-corrected chi connectivity index (χ0v) is 12.9. The Balaban J connectivity index is 1.65. The lowest BCUT2D eigenvalue weighted by molar-refractivity contribution is 0.103. The van der Waals surface area contributed by atoms with Gasteiger partial charge in [-0.05, 0) is 42.6 Å². The Hall–Kier alpha value is -2.66. The van der Waals surface area contributed by atoms with Crippen molar-refractivity contribution in [1.29, 1.82) is 0 Å². The van der Waals surface area contributed by atoms with E-state index in [4.69, 9.17) is 0 Å². The van der Waals surface area contributed by atoms with E-state index in [0.717, 1.165) is 11.5 Å². The van der Waals surface area contributed by atoms with Crippen molar-refractivity contribution in [3.8, 4) is 0 Å². The highest BCUT2D eigenvalue weighted by molar-refractivity contribution is 7.12. The van der Waals surface area contributed by atoms with Gasteiger partial charge in [0.25, 0.3) is 5.91 Å². The summed E-state index contributed by atoms with van der Waals surface area (Å²) in [5, 5.41) is 7.92. The SMILES string of the molecule is Cc1ccc(Nc2ccc(NC(=O)c3cccs3)cn2)cc1. The van der Waals surface area contributed by atoms with E-state index < -0.39 is 0 Å². The maximum atomic E-state index is 11.9. The lowest BCUT2D eigenvalue weighted by atomic mass is 10.2. The number of aromatic nitrogens is 1. The van der Waals surface area contributed by atoms with E-state index in [9.17, 15) is 4.79 Å². The topological polar surface area (TPSA) is 54.0 Å². The molecular formula is C17H15N3OS. The van der Waals surface area contributed by atoms with Crippen molar-refractivity contribution in [3.63, 3.8) is 0 Å². The number of pyridine rings is 1. The first-order valence-electron chi connectivity index (χ1n) is 6.85. The molecule has 2 aromatic heterocycles. The third-order valence-corrected chi connectivity index (χ3v) is 3.96. The van der Waals surface area contributed by atoms with Crippen molar-refractivity contribution < 1.29 is 4.79 Å². The molecule has 0 saturated heterocycles. The molecule has 5 heteroatoms. The fourth-order valence-corrected chi connectivity index (χ4v) is 2.55. The fraction of sp³-hybridized carbons (Fsp3) is 0.0588. The van der Waals surface area contributed by atoms with E-state index in [2.05, 4.69) is 15.6 Å². The molecule has 0 spiro atoms. The van der Waals surface area contributed by atoms with E-state index >= 15 is 0 Å². The second kappa shape index (κ2) is 6.41. The Labute approximate surface area is 132 Å². The molecule has 0 saturated carbocycles. The van der Waals surface area contributed by atoms with Crippen molar-refractivity contribution >= 4 is 34.4 Å². The van der Waals surface area contributed by atoms with Gasteiger partial charge in [0.05, 0.1) is 16.8 Å². The van der Waals surface area contributed by atoms with Gasteiger partial charge in [-0.25, -0.2) is 4.98 Å². The van der Waals surface area contributed by atoms with Crippen LogP contribution in [-0.4, -0.2) is 10.9 Å². The van der Waals surface area contributed by atoms with Gasteiger partial charge in [-0.2, -0.15) is 0 Å². The molecule has 0 aliphatic rings. The van der Waals surface area contributed by atoms with Crippen LogP contribution in [0.15, 0.2) is 60.1 Å².